The number of nitriles is 1. The van der Waals surface area contributed by atoms with Crippen LogP contribution in [0.25, 0.3) is 0 Å². The standard InChI is InChI=1S/C16H25N5/c1-3-20-7-9-21(10-8-20)13-14(2)12-19-15-5-4-6-18-16(15)11-17/h4-6,14,19H,3,7-10,12-13H2,1-2H3. The van der Waals surface area contributed by atoms with Gasteiger partial charge in [0.05, 0.1) is 5.69 Å². The lowest BCUT2D eigenvalue weighted by Gasteiger charge is -2.35. The van der Waals surface area contributed by atoms with Crippen LogP contribution >= 0.6 is 0 Å². The van der Waals surface area contributed by atoms with E-state index in [4.69, 9.17) is 5.26 Å². The fourth-order valence-electron chi connectivity index (χ4n) is 2.71. The second-order valence-corrected chi connectivity index (χ2v) is 5.73. The third-order valence-corrected chi connectivity index (χ3v) is 4.04. The van der Waals surface area contributed by atoms with Gasteiger partial charge in [-0.05, 0) is 24.6 Å². The van der Waals surface area contributed by atoms with Crippen molar-refractivity contribution >= 4 is 5.69 Å². The zero-order chi connectivity index (χ0) is 15.1. The lowest BCUT2D eigenvalue weighted by Crippen LogP contribution is -2.47. The van der Waals surface area contributed by atoms with Crippen LogP contribution in [0.1, 0.15) is 19.5 Å². The van der Waals surface area contributed by atoms with Gasteiger partial charge in [-0.15, -0.1) is 0 Å². The molecule has 1 atom stereocenters. The molecule has 0 spiro atoms. The Hall–Kier alpha value is -1.64. The molecule has 0 aliphatic carbocycles. The Balaban J connectivity index is 1.75. The number of rotatable bonds is 6. The number of likely N-dealkylation sites (N-methyl/N-ethyl adjacent to an activating group) is 1. The summed E-state index contributed by atoms with van der Waals surface area (Å²) in [6, 6.07) is 5.90. The van der Waals surface area contributed by atoms with Gasteiger partial charge >= 0.3 is 0 Å². The first-order valence-corrected chi connectivity index (χ1v) is 7.76. The summed E-state index contributed by atoms with van der Waals surface area (Å²) >= 11 is 0. The SMILES string of the molecule is CCN1CCN(CC(C)CNc2cccnc2C#N)CC1. The van der Waals surface area contributed by atoms with Crippen LogP contribution in [0.2, 0.25) is 0 Å². The number of hydrogen-bond acceptors (Lipinski definition) is 5. The van der Waals surface area contributed by atoms with Gasteiger partial charge in [0.25, 0.3) is 0 Å². The summed E-state index contributed by atoms with van der Waals surface area (Å²) in [6.45, 7) is 12.3. The van der Waals surface area contributed by atoms with E-state index in [-0.39, 0.29) is 0 Å². The van der Waals surface area contributed by atoms with Crippen LogP contribution in [0.5, 0.6) is 0 Å². The largest absolute Gasteiger partial charge is 0.382 e. The summed E-state index contributed by atoms with van der Waals surface area (Å²) in [6.07, 6.45) is 1.65. The predicted octanol–water partition coefficient (Wildman–Crippen LogP) is 1.64. The number of nitrogens with zero attached hydrogens (tertiary/aromatic N) is 4. The molecule has 21 heavy (non-hydrogen) atoms. The smallest absolute Gasteiger partial charge is 0.163 e. The number of nitrogens with one attached hydrogen (secondary N) is 1. The Labute approximate surface area is 127 Å². The minimum absolute atomic E-state index is 0.473. The van der Waals surface area contributed by atoms with Crippen LogP contribution in [0.4, 0.5) is 5.69 Å². The van der Waals surface area contributed by atoms with Crippen LogP contribution in [-0.2, 0) is 0 Å². The van der Waals surface area contributed by atoms with Crippen molar-refractivity contribution in [2.24, 2.45) is 5.92 Å². The molecule has 1 aliphatic rings. The maximum absolute atomic E-state index is 9.03. The number of piperazine rings is 1. The predicted molar refractivity (Wildman–Crippen MR) is 85.2 cm³/mol. The van der Waals surface area contributed by atoms with Gasteiger partial charge < -0.3 is 15.1 Å². The fourth-order valence-corrected chi connectivity index (χ4v) is 2.71. The molecule has 2 rings (SSSR count). The first kappa shape index (κ1) is 15.7. The molecule has 5 heteroatoms. The monoisotopic (exact) mass is 287 g/mol. The van der Waals surface area contributed by atoms with E-state index in [0.29, 0.717) is 11.6 Å². The molecule has 5 nitrogen and oxygen atoms in total. The lowest BCUT2D eigenvalue weighted by atomic mass is 10.1. The number of aromatic nitrogens is 1. The second kappa shape index (κ2) is 7.96. The van der Waals surface area contributed by atoms with Gasteiger partial charge in [-0.25, -0.2) is 4.98 Å². The third-order valence-electron chi connectivity index (χ3n) is 4.04. The molecule has 1 N–H and O–H groups in total. The molecule has 1 aromatic heterocycles. The molecule has 0 radical (unpaired) electrons. The van der Waals surface area contributed by atoms with E-state index in [1.807, 2.05) is 12.1 Å². The van der Waals surface area contributed by atoms with Crippen molar-refractivity contribution in [2.45, 2.75) is 13.8 Å². The summed E-state index contributed by atoms with van der Waals surface area (Å²) < 4.78 is 0. The first-order chi connectivity index (χ1) is 10.2. The summed E-state index contributed by atoms with van der Waals surface area (Å²) in [5.41, 5.74) is 1.31. The second-order valence-electron chi connectivity index (χ2n) is 5.73. The molecular weight excluding hydrogens is 262 g/mol. The fraction of sp³-hybridized carbons (Fsp3) is 0.625. The molecule has 114 valence electrons. The third kappa shape index (κ3) is 4.69. The molecule has 1 unspecified atom stereocenters. The molecule has 1 saturated heterocycles. The van der Waals surface area contributed by atoms with Crippen molar-refractivity contribution in [1.29, 1.82) is 5.26 Å². The van der Waals surface area contributed by atoms with Crippen molar-refractivity contribution in [1.82, 2.24) is 14.8 Å². The molecule has 0 bridgehead atoms. The Morgan fingerprint density at radius 1 is 1.33 bits per heavy atom. The molecule has 1 aliphatic heterocycles. The minimum atomic E-state index is 0.473. The van der Waals surface area contributed by atoms with Crippen molar-refractivity contribution in [3.05, 3.63) is 24.0 Å². The topological polar surface area (TPSA) is 55.2 Å². The highest BCUT2D eigenvalue weighted by Crippen LogP contribution is 2.12. The van der Waals surface area contributed by atoms with Crippen LogP contribution in [0.15, 0.2) is 18.3 Å². The van der Waals surface area contributed by atoms with E-state index in [1.54, 1.807) is 6.20 Å². The minimum Gasteiger partial charge on any atom is -0.382 e. The summed E-state index contributed by atoms with van der Waals surface area (Å²) in [5.74, 6) is 0.546. The molecule has 0 aromatic carbocycles. The van der Waals surface area contributed by atoms with Gasteiger partial charge in [-0.3, -0.25) is 0 Å². The van der Waals surface area contributed by atoms with Gasteiger partial charge in [-0.2, -0.15) is 5.26 Å². The van der Waals surface area contributed by atoms with Gasteiger partial charge in [0.2, 0.25) is 0 Å². The normalized spacial score (nSPS) is 18.1. The molecule has 0 amide bonds. The quantitative estimate of drug-likeness (QED) is 0.862. The molecule has 1 aromatic rings. The lowest BCUT2D eigenvalue weighted by molar-refractivity contribution is 0.126. The summed E-state index contributed by atoms with van der Waals surface area (Å²) in [5, 5.41) is 12.4. The van der Waals surface area contributed by atoms with Crippen LogP contribution in [0, 0.1) is 17.2 Å². The Kier molecular flexibility index (Phi) is 5.97. The summed E-state index contributed by atoms with van der Waals surface area (Å²) in [4.78, 5) is 9.10. The maximum atomic E-state index is 9.03. The van der Waals surface area contributed by atoms with Crippen LogP contribution in [0.3, 0.4) is 0 Å². The average molecular weight is 287 g/mol. The highest BCUT2D eigenvalue weighted by Gasteiger charge is 2.17. The van der Waals surface area contributed by atoms with E-state index in [1.165, 1.54) is 13.1 Å². The van der Waals surface area contributed by atoms with Crippen LogP contribution in [-0.4, -0.2) is 60.6 Å². The molecule has 1 fully saturated rings. The van der Waals surface area contributed by atoms with E-state index in [2.05, 4.69) is 40.0 Å². The molecular formula is C16H25N5. The van der Waals surface area contributed by atoms with Gasteiger partial charge in [-0.1, -0.05) is 13.8 Å². The zero-order valence-electron chi connectivity index (χ0n) is 13.0. The number of anilines is 1. The van der Waals surface area contributed by atoms with E-state index < -0.39 is 0 Å². The van der Waals surface area contributed by atoms with E-state index >= 15 is 0 Å². The average Bonchev–Trinajstić information content (AvgIpc) is 2.54. The van der Waals surface area contributed by atoms with Crippen molar-refractivity contribution in [2.75, 3.05) is 51.1 Å². The number of hydrogen-bond donors (Lipinski definition) is 1. The molecule has 2 heterocycles. The van der Waals surface area contributed by atoms with Crippen molar-refractivity contribution in [3.63, 3.8) is 0 Å². The first-order valence-electron chi connectivity index (χ1n) is 7.76. The highest BCUT2D eigenvalue weighted by molar-refractivity contribution is 5.53. The van der Waals surface area contributed by atoms with Gasteiger partial charge in [0.1, 0.15) is 6.07 Å². The molecule has 0 saturated carbocycles. The van der Waals surface area contributed by atoms with Gasteiger partial charge in [0, 0.05) is 45.5 Å². The van der Waals surface area contributed by atoms with E-state index in [9.17, 15) is 0 Å². The van der Waals surface area contributed by atoms with Crippen LogP contribution < -0.4 is 5.32 Å². The zero-order valence-corrected chi connectivity index (χ0v) is 13.0. The Morgan fingerprint density at radius 2 is 2.05 bits per heavy atom. The number of pyridine rings is 1. The van der Waals surface area contributed by atoms with Gasteiger partial charge in [0.15, 0.2) is 5.69 Å². The Bertz CT molecular complexity index is 474. The van der Waals surface area contributed by atoms with E-state index in [0.717, 1.165) is 38.4 Å². The maximum Gasteiger partial charge on any atom is 0.163 e. The summed E-state index contributed by atoms with van der Waals surface area (Å²) in [7, 11) is 0. The Morgan fingerprint density at radius 3 is 2.71 bits per heavy atom. The van der Waals surface area contributed by atoms with Crippen molar-refractivity contribution in [3.8, 4) is 6.07 Å². The highest BCUT2D eigenvalue weighted by atomic mass is 15.3. The van der Waals surface area contributed by atoms with Crippen molar-refractivity contribution < 1.29 is 0 Å².